The first-order valence-electron chi connectivity index (χ1n) is 7.54. The van der Waals surface area contributed by atoms with Crippen molar-refractivity contribution >= 4 is 10.9 Å². The Kier molecular flexibility index (Phi) is 3.31. The molecule has 0 fully saturated rings. The van der Waals surface area contributed by atoms with Crippen LogP contribution in [0.1, 0.15) is 5.56 Å². The Balaban J connectivity index is 1.86. The second-order valence-electron chi connectivity index (χ2n) is 5.57. The van der Waals surface area contributed by atoms with Gasteiger partial charge in [-0.25, -0.2) is 4.98 Å². The van der Waals surface area contributed by atoms with Crippen molar-refractivity contribution in [3.05, 3.63) is 78.8 Å². The summed E-state index contributed by atoms with van der Waals surface area (Å²) in [5.41, 5.74) is 6.18. The summed E-state index contributed by atoms with van der Waals surface area (Å²) >= 11 is 0. The molecule has 3 nitrogen and oxygen atoms in total. The number of aromatic nitrogens is 3. The molecule has 0 aliphatic heterocycles. The Hall–Kier alpha value is -3.07. The number of fused-ring (bicyclic) bond motifs is 1. The molecule has 4 rings (SSSR count). The lowest BCUT2D eigenvalue weighted by Crippen LogP contribution is -1.90. The number of benzene rings is 2. The summed E-state index contributed by atoms with van der Waals surface area (Å²) in [4.78, 5) is 13.3. The van der Waals surface area contributed by atoms with Crippen molar-refractivity contribution in [1.82, 2.24) is 15.0 Å². The lowest BCUT2D eigenvalue weighted by atomic mass is 10.0. The summed E-state index contributed by atoms with van der Waals surface area (Å²) < 4.78 is 0. The Labute approximate surface area is 134 Å². The van der Waals surface area contributed by atoms with E-state index < -0.39 is 0 Å². The van der Waals surface area contributed by atoms with Crippen LogP contribution in [0, 0.1) is 6.92 Å². The monoisotopic (exact) mass is 297 g/mol. The summed E-state index contributed by atoms with van der Waals surface area (Å²) in [6, 6.07) is 18.7. The standard InChI is InChI=1S/C20H15N3/c1-14-10-16(12-17(11-14)20-13-21-8-9-22-20)19-7-6-15-4-2-3-5-18(15)23-19/h2-13H,1H3. The van der Waals surface area contributed by atoms with E-state index in [1.165, 1.54) is 5.56 Å². The molecule has 0 N–H and O–H groups in total. The largest absolute Gasteiger partial charge is 0.261 e. The van der Waals surface area contributed by atoms with E-state index >= 15 is 0 Å². The predicted octanol–water partition coefficient (Wildman–Crippen LogP) is 4.67. The average Bonchev–Trinajstić information content (AvgIpc) is 2.61. The maximum atomic E-state index is 4.79. The normalized spacial score (nSPS) is 10.8. The molecule has 0 bridgehead atoms. The first-order valence-corrected chi connectivity index (χ1v) is 7.54. The highest BCUT2D eigenvalue weighted by atomic mass is 14.8. The van der Waals surface area contributed by atoms with Gasteiger partial charge in [0.2, 0.25) is 0 Å². The van der Waals surface area contributed by atoms with E-state index in [0.717, 1.165) is 33.4 Å². The minimum absolute atomic E-state index is 0.873. The third kappa shape index (κ3) is 2.69. The highest BCUT2D eigenvalue weighted by Crippen LogP contribution is 2.27. The van der Waals surface area contributed by atoms with Crippen LogP contribution >= 0.6 is 0 Å². The summed E-state index contributed by atoms with van der Waals surface area (Å²) in [5.74, 6) is 0. The highest BCUT2D eigenvalue weighted by molar-refractivity contribution is 5.82. The van der Waals surface area contributed by atoms with Crippen molar-refractivity contribution in [2.45, 2.75) is 6.92 Å². The lowest BCUT2D eigenvalue weighted by Gasteiger charge is -2.08. The molecule has 0 atom stereocenters. The van der Waals surface area contributed by atoms with Crippen molar-refractivity contribution in [2.75, 3.05) is 0 Å². The predicted molar refractivity (Wildman–Crippen MR) is 92.9 cm³/mol. The molecule has 0 saturated carbocycles. The van der Waals surface area contributed by atoms with Crippen molar-refractivity contribution < 1.29 is 0 Å². The smallest absolute Gasteiger partial charge is 0.0885 e. The lowest BCUT2D eigenvalue weighted by molar-refractivity contribution is 1.20. The maximum Gasteiger partial charge on any atom is 0.0885 e. The second-order valence-corrected chi connectivity index (χ2v) is 5.57. The van der Waals surface area contributed by atoms with Gasteiger partial charge in [-0.1, -0.05) is 24.3 Å². The van der Waals surface area contributed by atoms with Crippen LogP contribution < -0.4 is 0 Å². The fourth-order valence-electron chi connectivity index (χ4n) is 2.75. The van der Waals surface area contributed by atoms with E-state index in [1.54, 1.807) is 18.6 Å². The molecule has 0 spiro atoms. The molecule has 0 unspecified atom stereocenters. The average molecular weight is 297 g/mol. The fraction of sp³-hybridized carbons (Fsp3) is 0.0500. The van der Waals surface area contributed by atoms with Gasteiger partial charge in [-0.05, 0) is 42.8 Å². The summed E-state index contributed by atoms with van der Waals surface area (Å²) in [6.07, 6.45) is 5.18. The molecule has 3 heteroatoms. The van der Waals surface area contributed by atoms with E-state index in [2.05, 4.69) is 53.3 Å². The first kappa shape index (κ1) is 13.6. The van der Waals surface area contributed by atoms with Crippen LogP contribution in [-0.2, 0) is 0 Å². The summed E-state index contributed by atoms with van der Waals surface area (Å²) in [6.45, 7) is 2.09. The van der Waals surface area contributed by atoms with Crippen LogP contribution in [0.5, 0.6) is 0 Å². The van der Waals surface area contributed by atoms with Crippen LogP contribution in [0.4, 0.5) is 0 Å². The van der Waals surface area contributed by atoms with Gasteiger partial charge < -0.3 is 0 Å². The van der Waals surface area contributed by atoms with Crippen LogP contribution in [0.15, 0.2) is 73.2 Å². The molecule has 2 aromatic carbocycles. The van der Waals surface area contributed by atoms with Gasteiger partial charge in [0.25, 0.3) is 0 Å². The molecule has 110 valence electrons. The first-order chi connectivity index (χ1) is 11.3. The van der Waals surface area contributed by atoms with E-state index in [4.69, 9.17) is 4.98 Å². The van der Waals surface area contributed by atoms with Crippen LogP contribution in [0.3, 0.4) is 0 Å². The van der Waals surface area contributed by atoms with Gasteiger partial charge in [0.05, 0.1) is 23.1 Å². The fourth-order valence-corrected chi connectivity index (χ4v) is 2.75. The van der Waals surface area contributed by atoms with E-state index in [-0.39, 0.29) is 0 Å². The number of hydrogen-bond donors (Lipinski definition) is 0. The molecule has 0 aliphatic carbocycles. The number of rotatable bonds is 2. The van der Waals surface area contributed by atoms with Gasteiger partial charge in [-0.15, -0.1) is 0 Å². The molecular formula is C20H15N3. The highest BCUT2D eigenvalue weighted by Gasteiger charge is 2.06. The van der Waals surface area contributed by atoms with E-state index in [1.807, 2.05) is 18.2 Å². The van der Waals surface area contributed by atoms with Crippen LogP contribution in [0.2, 0.25) is 0 Å². The second kappa shape index (κ2) is 5.61. The summed E-state index contributed by atoms with van der Waals surface area (Å²) in [7, 11) is 0. The molecule has 2 aromatic heterocycles. The minimum Gasteiger partial charge on any atom is -0.261 e. The Morgan fingerprint density at radius 2 is 1.61 bits per heavy atom. The number of pyridine rings is 1. The van der Waals surface area contributed by atoms with Gasteiger partial charge in [0.1, 0.15) is 0 Å². The van der Waals surface area contributed by atoms with Crippen molar-refractivity contribution in [3.63, 3.8) is 0 Å². The molecule has 0 amide bonds. The third-order valence-electron chi connectivity index (χ3n) is 3.83. The molecule has 0 aliphatic rings. The SMILES string of the molecule is Cc1cc(-c2cnccn2)cc(-c2ccc3ccccc3n2)c1. The van der Waals surface area contributed by atoms with Crippen LogP contribution in [0.25, 0.3) is 33.4 Å². The molecule has 4 aromatic rings. The zero-order valence-electron chi connectivity index (χ0n) is 12.8. The zero-order valence-corrected chi connectivity index (χ0v) is 12.8. The van der Waals surface area contributed by atoms with Crippen LogP contribution in [-0.4, -0.2) is 15.0 Å². The van der Waals surface area contributed by atoms with Gasteiger partial charge in [0.15, 0.2) is 0 Å². The Morgan fingerprint density at radius 1 is 0.783 bits per heavy atom. The molecular weight excluding hydrogens is 282 g/mol. The number of para-hydroxylation sites is 1. The molecule has 23 heavy (non-hydrogen) atoms. The van der Waals surface area contributed by atoms with Crippen molar-refractivity contribution in [1.29, 1.82) is 0 Å². The number of hydrogen-bond acceptors (Lipinski definition) is 3. The van der Waals surface area contributed by atoms with Crippen molar-refractivity contribution in [2.24, 2.45) is 0 Å². The minimum atomic E-state index is 0.873. The van der Waals surface area contributed by atoms with Gasteiger partial charge in [0, 0.05) is 28.9 Å². The third-order valence-corrected chi connectivity index (χ3v) is 3.83. The summed E-state index contributed by atoms with van der Waals surface area (Å²) in [5, 5.41) is 1.15. The van der Waals surface area contributed by atoms with Gasteiger partial charge in [-0.3, -0.25) is 9.97 Å². The van der Waals surface area contributed by atoms with E-state index in [0.29, 0.717) is 0 Å². The quantitative estimate of drug-likeness (QED) is 0.540. The molecule has 0 radical (unpaired) electrons. The van der Waals surface area contributed by atoms with E-state index in [9.17, 15) is 0 Å². The Bertz CT molecular complexity index is 978. The number of nitrogens with zero attached hydrogens (tertiary/aromatic N) is 3. The molecule has 0 saturated heterocycles. The van der Waals surface area contributed by atoms with Crippen molar-refractivity contribution in [3.8, 4) is 22.5 Å². The van der Waals surface area contributed by atoms with Gasteiger partial charge in [-0.2, -0.15) is 0 Å². The topological polar surface area (TPSA) is 38.7 Å². The number of aryl methyl sites for hydroxylation is 1. The molecule has 2 heterocycles. The zero-order chi connectivity index (χ0) is 15.6. The van der Waals surface area contributed by atoms with Gasteiger partial charge >= 0.3 is 0 Å². The maximum absolute atomic E-state index is 4.79. The Morgan fingerprint density at radius 3 is 2.43 bits per heavy atom.